The molecule has 30 heavy (non-hydrogen) atoms. The molecule has 4 aromatic rings. The van der Waals surface area contributed by atoms with Gasteiger partial charge in [-0.3, -0.25) is 4.79 Å². The summed E-state index contributed by atoms with van der Waals surface area (Å²) >= 11 is 6.21. The Morgan fingerprint density at radius 1 is 1.03 bits per heavy atom. The highest BCUT2D eigenvalue weighted by atomic mass is 35.5. The van der Waals surface area contributed by atoms with Crippen LogP contribution in [-0.2, 0) is 9.84 Å². The molecule has 0 saturated heterocycles. The Bertz CT molecular complexity index is 1330. The fourth-order valence-electron chi connectivity index (χ4n) is 3.26. The first-order valence-corrected chi connectivity index (χ1v) is 11.4. The molecule has 8 heteroatoms. The topological polar surface area (TPSA) is 91.9 Å². The van der Waals surface area contributed by atoms with Gasteiger partial charge in [0.1, 0.15) is 0 Å². The van der Waals surface area contributed by atoms with E-state index in [4.69, 9.17) is 11.6 Å². The zero-order valence-corrected chi connectivity index (χ0v) is 17.5. The highest BCUT2D eigenvalue weighted by molar-refractivity contribution is 7.90. The summed E-state index contributed by atoms with van der Waals surface area (Å²) in [7, 11) is -3.48. The molecule has 1 atom stereocenters. The molecule has 0 bridgehead atoms. The van der Waals surface area contributed by atoms with E-state index in [-0.39, 0.29) is 15.5 Å². The van der Waals surface area contributed by atoms with Crippen molar-refractivity contribution >= 4 is 38.4 Å². The third-order valence-corrected chi connectivity index (χ3v) is 6.24. The van der Waals surface area contributed by atoms with Gasteiger partial charge >= 0.3 is 0 Å². The average Bonchev–Trinajstić information content (AvgIpc) is 3.20. The maximum Gasteiger partial charge on any atom is 0.253 e. The van der Waals surface area contributed by atoms with Crippen molar-refractivity contribution in [3.8, 4) is 0 Å². The molecular formula is C22H18ClN3O3S. The van der Waals surface area contributed by atoms with Crippen LogP contribution in [0.1, 0.15) is 27.5 Å². The molecule has 152 valence electrons. The molecule has 3 aromatic carbocycles. The molecule has 0 aliphatic heterocycles. The number of fused-ring (bicyclic) bond motifs is 1. The van der Waals surface area contributed by atoms with Crippen molar-refractivity contribution in [2.75, 3.05) is 6.26 Å². The van der Waals surface area contributed by atoms with Crippen molar-refractivity contribution in [2.45, 2.75) is 10.9 Å². The van der Waals surface area contributed by atoms with Gasteiger partial charge < -0.3 is 10.3 Å². The molecule has 4 rings (SSSR count). The van der Waals surface area contributed by atoms with Crippen LogP contribution in [0.5, 0.6) is 0 Å². The number of nitrogens with one attached hydrogen (secondary N) is 2. The zero-order chi connectivity index (χ0) is 21.3. The lowest BCUT2D eigenvalue weighted by molar-refractivity contribution is 0.0943. The highest BCUT2D eigenvalue weighted by Crippen LogP contribution is 2.27. The van der Waals surface area contributed by atoms with Crippen LogP contribution in [0.15, 0.2) is 78.0 Å². The molecular weight excluding hydrogens is 422 g/mol. The van der Waals surface area contributed by atoms with E-state index in [1.807, 2.05) is 48.5 Å². The SMILES string of the molecule is CS(=O)(=O)c1ccc(Cl)c(C(=O)NC(c2ccccc2)c2ccc3nc[nH]c3c2)c1. The second-order valence-electron chi connectivity index (χ2n) is 6.91. The van der Waals surface area contributed by atoms with Gasteiger partial charge in [0.2, 0.25) is 0 Å². The maximum atomic E-state index is 13.1. The molecule has 0 radical (unpaired) electrons. The minimum atomic E-state index is -3.48. The Labute approximate surface area is 178 Å². The van der Waals surface area contributed by atoms with Crippen LogP contribution in [0.25, 0.3) is 11.0 Å². The van der Waals surface area contributed by atoms with Gasteiger partial charge in [-0.1, -0.05) is 48.0 Å². The molecule has 6 nitrogen and oxygen atoms in total. The van der Waals surface area contributed by atoms with Gasteiger partial charge in [-0.25, -0.2) is 13.4 Å². The molecule has 1 amide bonds. The Hall–Kier alpha value is -3.16. The van der Waals surface area contributed by atoms with Crippen LogP contribution < -0.4 is 5.32 Å². The lowest BCUT2D eigenvalue weighted by atomic mass is 9.97. The molecule has 0 spiro atoms. The highest BCUT2D eigenvalue weighted by Gasteiger charge is 2.21. The number of H-pyrrole nitrogens is 1. The van der Waals surface area contributed by atoms with E-state index >= 15 is 0 Å². The quantitative estimate of drug-likeness (QED) is 0.489. The fraction of sp³-hybridized carbons (Fsp3) is 0.0909. The smallest absolute Gasteiger partial charge is 0.253 e. The lowest BCUT2D eigenvalue weighted by Gasteiger charge is -2.20. The summed E-state index contributed by atoms with van der Waals surface area (Å²) in [5.74, 6) is -0.468. The van der Waals surface area contributed by atoms with E-state index < -0.39 is 21.8 Å². The number of hydrogen-bond donors (Lipinski definition) is 2. The third kappa shape index (κ3) is 4.08. The fourth-order valence-corrected chi connectivity index (χ4v) is 4.11. The van der Waals surface area contributed by atoms with Crippen LogP contribution in [-0.4, -0.2) is 30.5 Å². The van der Waals surface area contributed by atoms with Crippen molar-refractivity contribution in [3.63, 3.8) is 0 Å². The molecule has 0 saturated carbocycles. The number of hydrogen-bond acceptors (Lipinski definition) is 4. The predicted molar refractivity (Wildman–Crippen MR) is 116 cm³/mol. The second kappa shape index (κ2) is 7.93. The minimum Gasteiger partial charge on any atom is -0.345 e. The number of carbonyl (C=O) groups excluding carboxylic acids is 1. The maximum absolute atomic E-state index is 13.1. The monoisotopic (exact) mass is 439 g/mol. The van der Waals surface area contributed by atoms with Gasteiger partial charge in [0.05, 0.1) is 38.9 Å². The average molecular weight is 440 g/mol. The summed E-state index contributed by atoms with van der Waals surface area (Å²) in [4.78, 5) is 20.4. The summed E-state index contributed by atoms with van der Waals surface area (Å²) < 4.78 is 23.8. The summed E-state index contributed by atoms with van der Waals surface area (Å²) in [5.41, 5.74) is 3.49. The number of amides is 1. The summed E-state index contributed by atoms with van der Waals surface area (Å²) in [6.07, 6.45) is 2.70. The van der Waals surface area contributed by atoms with Crippen molar-refractivity contribution in [3.05, 3.63) is 94.8 Å². The molecule has 1 unspecified atom stereocenters. The van der Waals surface area contributed by atoms with Crippen molar-refractivity contribution in [1.29, 1.82) is 0 Å². The summed E-state index contributed by atoms with van der Waals surface area (Å²) in [6, 6.07) is 18.8. The number of aromatic amines is 1. The lowest BCUT2D eigenvalue weighted by Crippen LogP contribution is -2.29. The number of benzene rings is 3. The van der Waals surface area contributed by atoms with Crippen LogP contribution >= 0.6 is 11.6 Å². The number of halogens is 1. The zero-order valence-electron chi connectivity index (χ0n) is 16.0. The molecule has 2 N–H and O–H groups in total. The first-order chi connectivity index (χ1) is 14.3. The number of rotatable bonds is 5. The van der Waals surface area contributed by atoms with E-state index in [0.29, 0.717) is 0 Å². The Kier molecular flexibility index (Phi) is 5.32. The Morgan fingerprint density at radius 3 is 2.53 bits per heavy atom. The largest absolute Gasteiger partial charge is 0.345 e. The summed E-state index contributed by atoms with van der Waals surface area (Å²) in [5, 5.41) is 3.17. The first kappa shape index (κ1) is 20.1. The standard InChI is InChI=1S/C22H18ClN3O3S/c1-30(28,29)16-8-9-18(23)17(12-16)22(27)26-21(14-5-3-2-4-6-14)15-7-10-19-20(11-15)25-13-24-19/h2-13,21H,1H3,(H,24,25)(H,26,27). The number of imidazole rings is 1. The van der Waals surface area contributed by atoms with E-state index in [9.17, 15) is 13.2 Å². The van der Waals surface area contributed by atoms with Gasteiger partial charge in [-0.05, 0) is 41.5 Å². The van der Waals surface area contributed by atoms with Gasteiger partial charge in [0, 0.05) is 6.26 Å². The van der Waals surface area contributed by atoms with Crippen LogP contribution in [0.3, 0.4) is 0 Å². The molecule has 0 fully saturated rings. The van der Waals surface area contributed by atoms with Crippen LogP contribution in [0, 0.1) is 0 Å². The normalized spacial score (nSPS) is 12.6. The summed E-state index contributed by atoms with van der Waals surface area (Å²) in [6.45, 7) is 0. The first-order valence-electron chi connectivity index (χ1n) is 9.11. The molecule has 1 aromatic heterocycles. The predicted octanol–water partition coefficient (Wildman–Crippen LogP) is 4.14. The molecule has 0 aliphatic rings. The van der Waals surface area contributed by atoms with Crippen LogP contribution in [0.2, 0.25) is 5.02 Å². The minimum absolute atomic E-state index is 0.0344. The van der Waals surface area contributed by atoms with Gasteiger partial charge in [-0.15, -0.1) is 0 Å². The van der Waals surface area contributed by atoms with Crippen molar-refractivity contribution in [1.82, 2.24) is 15.3 Å². The number of carbonyl (C=O) groups is 1. The number of nitrogens with zero attached hydrogens (tertiary/aromatic N) is 1. The second-order valence-corrected chi connectivity index (χ2v) is 9.33. The van der Waals surface area contributed by atoms with Gasteiger partial charge in [0.15, 0.2) is 9.84 Å². The Morgan fingerprint density at radius 2 is 1.80 bits per heavy atom. The van der Waals surface area contributed by atoms with Crippen molar-refractivity contribution < 1.29 is 13.2 Å². The van der Waals surface area contributed by atoms with E-state index in [1.165, 1.54) is 18.2 Å². The van der Waals surface area contributed by atoms with E-state index in [1.54, 1.807) is 6.33 Å². The molecule has 0 aliphatic carbocycles. The molecule has 1 heterocycles. The van der Waals surface area contributed by atoms with Gasteiger partial charge in [-0.2, -0.15) is 0 Å². The van der Waals surface area contributed by atoms with E-state index in [0.717, 1.165) is 28.4 Å². The third-order valence-electron chi connectivity index (χ3n) is 4.80. The van der Waals surface area contributed by atoms with Crippen molar-refractivity contribution in [2.24, 2.45) is 0 Å². The Balaban J connectivity index is 1.75. The van der Waals surface area contributed by atoms with Crippen LogP contribution in [0.4, 0.5) is 0 Å². The number of sulfone groups is 1. The van der Waals surface area contributed by atoms with Gasteiger partial charge in [0.25, 0.3) is 5.91 Å². The van der Waals surface area contributed by atoms with E-state index in [2.05, 4.69) is 15.3 Å². The number of aromatic nitrogens is 2.